The fraction of sp³-hybridized carbons (Fsp3) is 0.524. The third-order valence-corrected chi connectivity index (χ3v) is 6.63. The molecular weight excluding hydrogens is 445 g/mol. The minimum Gasteiger partial charge on any atom is -0.356 e. The van der Waals surface area contributed by atoms with Gasteiger partial charge >= 0.3 is 6.18 Å². The van der Waals surface area contributed by atoms with E-state index in [4.69, 9.17) is 0 Å². The van der Waals surface area contributed by atoms with E-state index in [1.54, 1.807) is 6.20 Å². The number of piperidine rings is 1. The first-order valence-corrected chi connectivity index (χ1v) is 10.7. The van der Waals surface area contributed by atoms with Gasteiger partial charge in [0.1, 0.15) is 23.7 Å². The maximum absolute atomic E-state index is 12.8. The van der Waals surface area contributed by atoms with Crippen LogP contribution in [0.1, 0.15) is 24.8 Å². The first-order valence-electron chi connectivity index (χ1n) is 10.7. The van der Waals surface area contributed by atoms with Crippen LogP contribution in [-0.4, -0.2) is 57.3 Å². The van der Waals surface area contributed by atoms with E-state index < -0.39 is 24.7 Å². The lowest BCUT2D eigenvalue weighted by atomic mass is 9.78. The molecular formula is C21H22F5N7. The van der Waals surface area contributed by atoms with Gasteiger partial charge in [0.15, 0.2) is 5.65 Å². The van der Waals surface area contributed by atoms with E-state index in [0.29, 0.717) is 22.8 Å². The van der Waals surface area contributed by atoms with Crippen LogP contribution in [-0.2, 0) is 12.7 Å². The van der Waals surface area contributed by atoms with Gasteiger partial charge in [-0.2, -0.15) is 18.3 Å². The predicted molar refractivity (Wildman–Crippen MR) is 111 cm³/mol. The van der Waals surface area contributed by atoms with Crippen molar-refractivity contribution in [1.82, 2.24) is 24.7 Å². The van der Waals surface area contributed by atoms with Gasteiger partial charge in [-0.15, -0.1) is 0 Å². The molecule has 0 unspecified atom stereocenters. The quantitative estimate of drug-likeness (QED) is 0.541. The topological polar surface area (TPSA) is 63.0 Å². The van der Waals surface area contributed by atoms with Crippen molar-refractivity contribution in [3.8, 4) is 0 Å². The van der Waals surface area contributed by atoms with Crippen molar-refractivity contribution >= 4 is 22.8 Å². The van der Waals surface area contributed by atoms with Crippen molar-refractivity contribution in [3.05, 3.63) is 36.3 Å². The van der Waals surface area contributed by atoms with Gasteiger partial charge < -0.3 is 9.80 Å². The lowest BCUT2D eigenvalue weighted by Gasteiger charge is -2.39. The number of hydrogen-bond acceptors (Lipinski definition) is 6. The van der Waals surface area contributed by atoms with E-state index in [9.17, 15) is 22.0 Å². The van der Waals surface area contributed by atoms with Gasteiger partial charge in [0.2, 0.25) is 0 Å². The fourth-order valence-electron chi connectivity index (χ4n) is 4.75. The van der Waals surface area contributed by atoms with Crippen LogP contribution in [0.5, 0.6) is 0 Å². The zero-order valence-electron chi connectivity index (χ0n) is 17.6. The summed E-state index contributed by atoms with van der Waals surface area (Å²) in [4.78, 5) is 17.0. The van der Waals surface area contributed by atoms with Crippen LogP contribution < -0.4 is 9.80 Å². The molecule has 0 N–H and O–H groups in total. The van der Waals surface area contributed by atoms with Gasteiger partial charge in [-0.1, -0.05) is 0 Å². The molecule has 2 aliphatic heterocycles. The predicted octanol–water partition coefficient (Wildman–Crippen LogP) is 4.00. The van der Waals surface area contributed by atoms with E-state index in [1.165, 1.54) is 16.9 Å². The van der Waals surface area contributed by atoms with Crippen LogP contribution in [0.15, 0.2) is 30.7 Å². The molecule has 5 heterocycles. The molecule has 0 bridgehead atoms. The summed E-state index contributed by atoms with van der Waals surface area (Å²) in [6.45, 7) is 2.43. The standard InChI is InChI=1S/C21H22F5N7/c22-16(23)12-33-19-15(10-29-33)27-11-18(30-19)31-6-3-20(4-7-31)5-8-32(13-20)17-2-1-14(9-28-17)21(24,25)26/h1-2,9-11,16H,3-8,12-13H2. The number of halogens is 5. The van der Waals surface area contributed by atoms with Crippen LogP contribution in [0.2, 0.25) is 0 Å². The molecule has 3 aromatic heterocycles. The average molecular weight is 467 g/mol. The lowest BCUT2D eigenvalue weighted by molar-refractivity contribution is -0.137. The second-order valence-corrected chi connectivity index (χ2v) is 8.72. The van der Waals surface area contributed by atoms with Crippen molar-refractivity contribution in [2.75, 3.05) is 36.0 Å². The number of alkyl halides is 5. The molecule has 0 amide bonds. The molecule has 5 rings (SSSR count). The van der Waals surface area contributed by atoms with Gasteiger partial charge in [0, 0.05) is 32.4 Å². The summed E-state index contributed by atoms with van der Waals surface area (Å²) in [6, 6.07) is 2.51. The highest BCUT2D eigenvalue weighted by atomic mass is 19.4. The second-order valence-electron chi connectivity index (χ2n) is 8.72. The first kappa shape index (κ1) is 21.8. The van der Waals surface area contributed by atoms with Crippen LogP contribution in [0.4, 0.5) is 33.6 Å². The molecule has 0 saturated carbocycles. The Balaban J connectivity index is 1.25. The molecule has 2 aliphatic rings. The maximum Gasteiger partial charge on any atom is 0.417 e. The Morgan fingerprint density at radius 3 is 2.27 bits per heavy atom. The number of pyridine rings is 1. The zero-order chi connectivity index (χ0) is 23.2. The highest BCUT2D eigenvalue weighted by molar-refractivity contribution is 5.71. The van der Waals surface area contributed by atoms with Crippen molar-refractivity contribution in [2.24, 2.45) is 5.41 Å². The normalized spacial score (nSPS) is 18.7. The summed E-state index contributed by atoms with van der Waals surface area (Å²) in [7, 11) is 0. The summed E-state index contributed by atoms with van der Waals surface area (Å²) in [5.74, 6) is 1.19. The molecule has 0 atom stereocenters. The molecule has 0 aromatic carbocycles. The Bertz CT molecular complexity index is 1120. The van der Waals surface area contributed by atoms with E-state index in [-0.39, 0.29) is 5.41 Å². The van der Waals surface area contributed by atoms with Crippen LogP contribution in [0.3, 0.4) is 0 Å². The van der Waals surface area contributed by atoms with Gasteiger partial charge in [0.25, 0.3) is 6.43 Å². The van der Waals surface area contributed by atoms with E-state index in [0.717, 1.165) is 57.7 Å². The van der Waals surface area contributed by atoms with Gasteiger partial charge in [-0.25, -0.2) is 28.4 Å². The summed E-state index contributed by atoms with van der Waals surface area (Å²) >= 11 is 0. The molecule has 3 aromatic rings. The third kappa shape index (κ3) is 4.30. The molecule has 0 aliphatic carbocycles. The van der Waals surface area contributed by atoms with Crippen LogP contribution >= 0.6 is 0 Å². The Hall–Kier alpha value is -3.05. The fourth-order valence-corrected chi connectivity index (χ4v) is 4.75. The van der Waals surface area contributed by atoms with Crippen LogP contribution in [0.25, 0.3) is 11.2 Å². The Morgan fingerprint density at radius 2 is 1.64 bits per heavy atom. The largest absolute Gasteiger partial charge is 0.417 e. The molecule has 7 nitrogen and oxygen atoms in total. The molecule has 2 fully saturated rings. The minimum absolute atomic E-state index is 0.0653. The highest BCUT2D eigenvalue weighted by Gasteiger charge is 2.41. The van der Waals surface area contributed by atoms with Crippen molar-refractivity contribution in [2.45, 2.75) is 38.4 Å². The van der Waals surface area contributed by atoms with E-state index >= 15 is 0 Å². The first-order chi connectivity index (χ1) is 15.7. The summed E-state index contributed by atoms with van der Waals surface area (Å²) < 4.78 is 65.2. The van der Waals surface area contributed by atoms with Crippen molar-refractivity contribution in [3.63, 3.8) is 0 Å². The highest BCUT2D eigenvalue weighted by Crippen LogP contribution is 2.42. The van der Waals surface area contributed by atoms with E-state index in [1.807, 2.05) is 4.90 Å². The van der Waals surface area contributed by atoms with E-state index in [2.05, 4.69) is 25.0 Å². The molecule has 176 valence electrons. The third-order valence-electron chi connectivity index (χ3n) is 6.63. The van der Waals surface area contributed by atoms with Crippen LogP contribution in [0, 0.1) is 5.41 Å². The monoisotopic (exact) mass is 467 g/mol. The Kier molecular flexibility index (Phi) is 5.32. The average Bonchev–Trinajstić information content (AvgIpc) is 3.38. The molecule has 1 spiro atoms. The number of nitrogens with zero attached hydrogens (tertiary/aromatic N) is 7. The van der Waals surface area contributed by atoms with Crippen molar-refractivity contribution < 1.29 is 22.0 Å². The molecule has 33 heavy (non-hydrogen) atoms. The van der Waals surface area contributed by atoms with Gasteiger partial charge in [0.05, 0.1) is 18.0 Å². The smallest absolute Gasteiger partial charge is 0.356 e. The SMILES string of the molecule is FC(F)Cn1ncc2ncc(N3CCC4(CCN(c5ccc(C(F)(F)F)cn5)C4)CC3)nc21. The Morgan fingerprint density at radius 1 is 0.909 bits per heavy atom. The number of hydrogen-bond donors (Lipinski definition) is 0. The zero-order valence-corrected chi connectivity index (χ0v) is 17.6. The maximum atomic E-state index is 12.8. The van der Waals surface area contributed by atoms with Crippen molar-refractivity contribution in [1.29, 1.82) is 0 Å². The minimum atomic E-state index is -4.40. The number of fused-ring (bicyclic) bond motifs is 1. The Labute approximate surface area is 186 Å². The van der Waals surface area contributed by atoms with Gasteiger partial charge in [-0.05, 0) is 36.8 Å². The second kappa shape index (κ2) is 8.07. The summed E-state index contributed by atoms with van der Waals surface area (Å²) in [5, 5.41) is 3.95. The summed E-state index contributed by atoms with van der Waals surface area (Å²) in [5.41, 5.74) is 0.133. The summed E-state index contributed by atoms with van der Waals surface area (Å²) in [6.07, 6.45) is -0.248. The number of rotatable bonds is 4. The van der Waals surface area contributed by atoms with Gasteiger partial charge in [-0.3, -0.25) is 0 Å². The molecule has 0 radical (unpaired) electrons. The molecule has 2 saturated heterocycles. The number of aromatic nitrogens is 5. The molecule has 12 heteroatoms. The number of anilines is 2. The lowest BCUT2D eigenvalue weighted by Crippen LogP contribution is -2.42.